The first-order chi connectivity index (χ1) is 12.4. The Labute approximate surface area is 152 Å². The Morgan fingerprint density at radius 3 is 2.58 bits per heavy atom. The van der Waals surface area contributed by atoms with E-state index in [4.69, 9.17) is 0 Å². The Morgan fingerprint density at radius 1 is 1.12 bits per heavy atom. The van der Waals surface area contributed by atoms with Crippen LogP contribution in [0.15, 0.2) is 53.4 Å². The monoisotopic (exact) mass is 372 g/mol. The van der Waals surface area contributed by atoms with Crippen LogP contribution in [0.2, 0.25) is 0 Å². The van der Waals surface area contributed by atoms with Gasteiger partial charge in [0.1, 0.15) is 6.54 Å². The van der Waals surface area contributed by atoms with Crippen LogP contribution in [0.25, 0.3) is 0 Å². The van der Waals surface area contributed by atoms with Gasteiger partial charge >= 0.3 is 0 Å². The van der Waals surface area contributed by atoms with E-state index in [-0.39, 0.29) is 17.3 Å². The van der Waals surface area contributed by atoms with Gasteiger partial charge in [-0.3, -0.25) is 9.59 Å². The summed E-state index contributed by atoms with van der Waals surface area (Å²) in [7, 11) is -3.97. The number of carbonyl (C=O) groups excluding carboxylic acids is 2. The van der Waals surface area contributed by atoms with Gasteiger partial charge in [-0.25, -0.2) is 13.1 Å². The van der Waals surface area contributed by atoms with Gasteiger partial charge in [-0.05, 0) is 36.1 Å². The maximum atomic E-state index is 12.5. The second kappa shape index (κ2) is 7.29. The molecule has 0 aromatic heterocycles. The molecule has 0 radical (unpaired) electrons. The molecule has 0 saturated heterocycles. The molecular formula is C19H20N2O4S. The largest absolute Gasteiger partial charge is 0.329 e. The Balaban J connectivity index is 1.72. The molecule has 0 fully saturated rings. The topological polar surface area (TPSA) is 83.6 Å². The number of aryl methyl sites for hydroxylation is 1. The summed E-state index contributed by atoms with van der Waals surface area (Å²) in [6, 6.07) is 13.8. The first-order valence-corrected chi connectivity index (χ1v) is 9.91. The van der Waals surface area contributed by atoms with Crippen LogP contribution in [0.3, 0.4) is 0 Å². The number of hydrogen-bond donors (Lipinski definition) is 1. The summed E-state index contributed by atoms with van der Waals surface area (Å²) in [5.41, 5.74) is 2.14. The molecule has 2 aromatic carbocycles. The number of nitrogens with zero attached hydrogens (tertiary/aromatic N) is 1. The first-order valence-electron chi connectivity index (χ1n) is 8.43. The smallest absolute Gasteiger partial charge is 0.264 e. The summed E-state index contributed by atoms with van der Waals surface area (Å²) in [5.74, 6) is -0.975. The summed E-state index contributed by atoms with van der Waals surface area (Å²) < 4.78 is 27.1. The zero-order valence-corrected chi connectivity index (χ0v) is 15.3. The molecule has 3 rings (SSSR count). The van der Waals surface area contributed by atoms with Gasteiger partial charge in [0, 0.05) is 12.1 Å². The highest BCUT2D eigenvalue weighted by molar-refractivity contribution is 7.90. The van der Waals surface area contributed by atoms with Crippen LogP contribution >= 0.6 is 0 Å². The Bertz CT molecular complexity index is 954. The third kappa shape index (κ3) is 3.62. The lowest BCUT2D eigenvalue weighted by Crippen LogP contribution is -2.45. The first kappa shape index (κ1) is 18.1. The van der Waals surface area contributed by atoms with E-state index in [9.17, 15) is 18.0 Å². The minimum atomic E-state index is -3.97. The molecule has 0 bridgehead atoms. The highest BCUT2D eigenvalue weighted by Gasteiger charge is 2.27. The van der Waals surface area contributed by atoms with Gasteiger partial charge in [-0.15, -0.1) is 0 Å². The van der Waals surface area contributed by atoms with Gasteiger partial charge in [0.05, 0.1) is 4.90 Å². The SMILES string of the molecule is CCc1ccccc1S(=O)(=O)NC(=O)CN1CCc2ccccc2C1=O. The van der Waals surface area contributed by atoms with Gasteiger partial charge in [-0.1, -0.05) is 43.3 Å². The number of nitrogens with one attached hydrogen (secondary N) is 1. The molecule has 0 aliphatic carbocycles. The number of fused-ring (bicyclic) bond motifs is 1. The van der Waals surface area contributed by atoms with Crippen molar-refractivity contribution in [2.45, 2.75) is 24.7 Å². The molecule has 136 valence electrons. The van der Waals surface area contributed by atoms with E-state index in [1.165, 1.54) is 11.0 Å². The van der Waals surface area contributed by atoms with Crippen LogP contribution in [-0.4, -0.2) is 38.2 Å². The van der Waals surface area contributed by atoms with Crippen molar-refractivity contribution in [2.75, 3.05) is 13.1 Å². The molecule has 6 nitrogen and oxygen atoms in total. The fourth-order valence-electron chi connectivity index (χ4n) is 3.09. The molecule has 26 heavy (non-hydrogen) atoms. The highest BCUT2D eigenvalue weighted by atomic mass is 32.2. The van der Waals surface area contributed by atoms with Crippen LogP contribution in [0.1, 0.15) is 28.4 Å². The molecule has 2 aromatic rings. The minimum absolute atomic E-state index is 0.0890. The van der Waals surface area contributed by atoms with Crippen molar-refractivity contribution in [3.05, 3.63) is 65.2 Å². The molecule has 1 N–H and O–H groups in total. The second-order valence-electron chi connectivity index (χ2n) is 6.12. The molecule has 2 amide bonds. The number of carbonyl (C=O) groups is 2. The molecule has 1 aliphatic heterocycles. The van der Waals surface area contributed by atoms with Gasteiger partial charge in [0.15, 0.2) is 0 Å². The van der Waals surface area contributed by atoms with E-state index in [1.807, 2.05) is 19.1 Å². The lowest BCUT2D eigenvalue weighted by molar-refractivity contribution is -0.120. The van der Waals surface area contributed by atoms with Crippen molar-refractivity contribution in [1.29, 1.82) is 0 Å². The Hall–Kier alpha value is -2.67. The van der Waals surface area contributed by atoms with Crippen molar-refractivity contribution in [3.8, 4) is 0 Å². The maximum absolute atomic E-state index is 12.5. The summed E-state index contributed by atoms with van der Waals surface area (Å²) in [5, 5.41) is 0. The quantitative estimate of drug-likeness (QED) is 0.867. The number of rotatable bonds is 5. The zero-order valence-electron chi connectivity index (χ0n) is 14.4. The number of sulfonamides is 1. The van der Waals surface area contributed by atoms with Gasteiger partial charge < -0.3 is 4.90 Å². The molecule has 1 heterocycles. The van der Waals surface area contributed by atoms with Crippen molar-refractivity contribution in [1.82, 2.24) is 9.62 Å². The van der Waals surface area contributed by atoms with Crippen LogP contribution in [0.5, 0.6) is 0 Å². The molecule has 7 heteroatoms. The molecule has 1 aliphatic rings. The molecule has 0 unspecified atom stereocenters. The van der Waals surface area contributed by atoms with E-state index < -0.39 is 15.9 Å². The third-order valence-corrected chi connectivity index (χ3v) is 5.89. The van der Waals surface area contributed by atoms with Crippen molar-refractivity contribution < 1.29 is 18.0 Å². The molecule has 0 atom stereocenters. The third-order valence-electron chi connectivity index (χ3n) is 4.41. The second-order valence-corrected chi connectivity index (χ2v) is 7.77. The van der Waals surface area contributed by atoms with Crippen LogP contribution < -0.4 is 4.72 Å². The lowest BCUT2D eigenvalue weighted by Gasteiger charge is -2.27. The fourth-order valence-corrected chi connectivity index (χ4v) is 4.38. The average molecular weight is 372 g/mol. The summed E-state index contributed by atoms with van der Waals surface area (Å²) >= 11 is 0. The summed E-state index contributed by atoms with van der Waals surface area (Å²) in [4.78, 5) is 26.2. The van der Waals surface area contributed by atoms with E-state index in [0.717, 1.165) is 5.56 Å². The predicted molar refractivity (Wildman–Crippen MR) is 97.2 cm³/mol. The fraction of sp³-hybridized carbons (Fsp3) is 0.263. The van der Waals surface area contributed by atoms with Gasteiger partial charge in [0.2, 0.25) is 0 Å². The van der Waals surface area contributed by atoms with E-state index in [1.54, 1.807) is 30.3 Å². The normalized spacial score (nSPS) is 14.0. The Kier molecular flexibility index (Phi) is 5.08. The van der Waals surface area contributed by atoms with Crippen molar-refractivity contribution in [3.63, 3.8) is 0 Å². The van der Waals surface area contributed by atoms with Crippen molar-refractivity contribution in [2.24, 2.45) is 0 Å². The van der Waals surface area contributed by atoms with Gasteiger partial charge in [-0.2, -0.15) is 0 Å². The molecule has 0 saturated carbocycles. The van der Waals surface area contributed by atoms with Crippen molar-refractivity contribution >= 4 is 21.8 Å². The van der Waals surface area contributed by atoms with Crippen LogP contribution in [0, 0.1) is 0 Å². The maximum Gasteiger partial charge on any atom is 0.264 e. The summed E-state index contributed by atoms with van der Waals surface area (Å²) in [6.07, 6.45) is 1.17. The van der Waals surface area contributed by atoms with Crippen LogP contribution in [0.4, 0.5) is 0 Å². The molecule has 0 spiro atoms. The average Bonchev–Trinajstić information content (AvgIpc) is 2.64. The lowest BCUT2D eigenvalue weighted by atomic mass is 9.99. The van der Waals surface area contributed by atoms with E-state index in [0.29, 0.717) is 30.5 Å². The zero-order chi connectivity index (χ0) is 18.7. The Morgan fingerprint density at radius 2 is 1.81 bits per heavy atom. The number of benzene rings is 2. The minimum Gasteiger partial charge on any atom is -0.329 e. The van der Waals surface area contributed by atoms with E-state index >= 15 is 0 Å². The predicted octanol–water partition coefficient (Wildman–Crippen LogP) is 1.75. The van der Waals surface area contributed by atoms with E-state index in [2.05, 4.69) is 4.72 Å². The highest BCUT2D eigenvalue weighted by Crippen LogP contribution is 2.19. The number of hydrogen-bond acceptors (Lipinski definition) is 4. The standard InChI is InChI=1S/C19H20N2O4S/c1-2-14-7-4-6-10-17(14)26(24,25)20-18(22)13-21-12-11-15-8-3-5-9-16(15)19(21)23/h3-10H,2,11-13H2,1H3,(H,20,22). The van der Waals surface area contributed by atoms with Gasteiger partial charge in [0.25, 0.3) is 21.8 Å². The van der Waals surface area contributed by atoms with Crippen LogP contribution in [-0.2, 0) is 27.7 Å². The summed E-state index contributed by atoms with van der Waals surface area (Å²) in [6.45, 7) is 1.94. The number of amides is 2. The molecular weight excluding hydrogens is 352 g/mol.